The maximum atomic E-state index is 12.8. The van der Waals surface area contributed by atoms with Crippen LogP contribution in [0.2, 0.25) is 0 Å². The van der Waals surface area contributed by atoms with E-state index in [1.54, 1.807) is 19.1 Å². The van der Waals surface area contributed by atoms with Crippen molar-refractivity contribution in [2.45, 2.75) is 31.1 Å². The number of hydrogen-bond donors (Lipinski definition) is 2. The number of hydrogen-bond acceptors (Lipinski definition) is 4. The van der Waals surface area contributed by atoms with Gasteiger partial charge in [0, 0.05) is 13.1 Å². The molecular weight excluding hydrogens is 352 g/mol. The molecule has 0 saturated carbocycles. The number of anilines is 2. The van der Waals surface area contributed by atoms with Crippen LogP contribution in [0.15, 0.2) is 47.4 Å². The molecular formula is C19H22N2O4S. The molecule has 0 bridgehead atoms. The smallest absolute Gasteiger partial charge is 0.335 e. The van der Waals surface area contributed by atoms with Gasteiger partial charge >= 0.3 is 5.97 Å². The van der Waals surface area contributed by atoms with Gasteiger partial charge in [-0.25, -0.2) is 13.2 Å². The van der Waals surface area contributed by atoms with Crippen LogP contribution in [0.4, 0.5) is 11.4 Å². The molecule has 1 aliphatic heterocycles. The Bertz CT molecular complexity index is 919. The highest BCUT2D eigenvalue weighted by atomic mass is 32.2. The number of nitrogens with zero attached hydrogens (tertiary/aromatic N) is 1. The Hall–Kier alpha value is -2.54. The first-order valence-corrected chi connectivity index (χ1v) is 10.1. The monoisotopic (exact) mass is 374 g/mol. The van der Waals surface area contributed by atoms with Gasteiger partial charge in [-0.2, -0.15) is 0 Å². The minimum Gasteiger partial charge on any atom is -0.478 e. The van der Waals surface area contributed by atoms with Crippen LogP contribution in [0.1, 0.15) is 35.2 Å². The molecule has 0 spiro atoms. The maximum absolute atomic E-state index is 12.8. The lowest BCUT2D eigenvalue weighted by molar-refractivity contribution is 0.0696. The van der Waals surface area contributed by atoms with Gasteiger partial charge < -0.3 is 10.0 Å². The second kappa shape index (κ2) is 7.37. The lowest BCUT2D eigenvalue weighted by Crippen LogP contribution is -2.30. The molecule has 1 heterocycles. The fourth-order valence-corrected chi connectivity index (χ4v) is 4.27. The SMILES string of the molecule is Cc1ccc(S(=O)(=O)Nc2ccccc2N2CCCCC2)cc1C(=O)O. The average Bonchev–Trinajstić information content (AvgIpc) is 2.62. The van der Waals surface area contributed by atoms with Crippen LogP contribution in [-0.2, 0) is 10.0 Å². The van der Waals surface area contributed by atoms with Crippen LogP contribution in [-0.4, -0.2) is 32.6 Å². The van der Waals surface area contributed by atoms with Crippen LogP contribution < -0.4 is 9.62 Å². The van der Waals surface area contributed by atoms with Crippen molar-refractivity contribution in [2.75, 3.05) is 22.7 Å². The van der Waals surface area contributed by atoms with E-state index in [2.05, 4.69) is 9.62 Å². The van der Waals surface area contributed by atoms with Gasteiger partial charge in [0.2, 0.25) is 0 Å². The predicted octanol–water partition coefficient (Wildman–Crippen LogP) is 3.48. The number of carboxylic acid groups (broad SMARTS) is 1. The van der Waals surface area contributed by atoms with E-state index in [-0.39, 0.29) is 10.5 Å². The number of benzene rings is 2. The van der Waals surface area contributed by atoms with Gasteiger partial charge in [-0.3, -0.25) is 4.72 Å². The quantitative estimate of drug-likeness (QED) is 0.837. The van der Waals surface area contributed by atoms with Crippen LogP contribution >= 0.6 is 0 Å². The number of carboxylic acids is 1. The highest BCUT2D eigenvalue weighted by Crippen LogP contribution is 2.30. The molecule has 26 heavy (non-hydrogen) atoms. The first-order valence-electron chi connectivity index (χ1n) is 8.59. The van der Waals surface area contributed by atoms with Crippen molar-refractivity contribution in [2.24, 2.45) is 0 Å². The third-order valence-electron chi connectivity index (χ3n) is 4.59. The Morgan fingerprint density at radius 3 is 2.46 bits per heavy atom. The van der Waals surface area contributed by atoms with E-state index in [0.29, 0.717) is 11.3 Å². The second-order valence-electron chi connectivity index (χ2n) is 6.45. The van der Waals surface area contributed by atoms with Crippen molar-refractivity contribution >= 4 is 27.4 Å². The molecule has 7 heteroatoms. The molecule has 2 aromatic rings. The number of sulfonamides is 1. The molecule has 1 aliphatic rings. The van der Waals surface area contributed by atoms with Crippen LogP contribution in [0.5, 0.6) is 0 Å². The van der Waals surface area contributed by atoms with E-state index in [4.69, 9.17) is 0 Å². The minimum atomic E-state index is -3.89. The Kier molecular flexibility index (Phi) is 5.18. The third kappa shape index (κ3) is 3.83. The summed E-state index contributed by atoms with van der Waals surface area (Å²) in [4.78, 5) is 13.4. The molecule has 0 atom stereocenters. The summed E-state index contributed by atoms with van der Waals surface area (Å²) in [7, 11) is -3.89. The fraction of sp³-hybridized carbons (Fsp3) is 0.316. The molecule has 0 aliphatic carbocycles. The molecule has 0 unspecified atom stereocenters. The Morgan fingerprint density at radius 2 is 1.77 bits per heavy atom. The molecule has 1 fully saturated rings. The first-order chi connectivity index (χ1) is 12.4. The summed E-state index contributed by atoms with van der Waals surface area (Å²) in [6.07, 6.45) is 3.35. The largest absolute Gasteiger partial charge is 0.478 e. The zero-order valence-corrected chi connectivity index (χ0v) is 15.4. The van der Waals surface area contributed by atoms with Gasteiger partial charge in [-0.15, -0.1) is 0 Å². The number of rotatable bonds is 5. The van der Waals surface area contributed by atoms with Crippen LogP contribution in [0.25, 0.3) is 0 Å². The van der Waals surface area contributed by atoms with Gasteiger partial charge in [0.25, 0.3) is 10.0 Å². The fourth-order valence-electron chi connectivity index (χ4n) is 3.17. The van der Waals surface area contributed by atoms with E-state index in [9.17, 15) is 18.3 Å². The predicted molar refractivity (Wildman–Crippen MR) is 101 cm³/mol. The zero-order chi connectivity index (χ0) is 18.7. The van der Waals surface area contributed by atoms with Crippen molar-refractivity contribution in [1.82, 2.24) is 0 Å². The highest BCUT2D eigenvalue weighted by Gasteiger charge is 2.21. The molecule has 6 nitrogen and oxygen atoms in total. The summed E-state index contributed by atoms with van der Waals surface area (Å²) in [6.45, 7) is 3.43. The van der Waals surface area contributed by atoms with Crippen molar-refractivity contribution in [1.29, 1.82) is 0 Å². The van der Waals surface area contributed by atoms with Gasteiger partial charge in [0.15, 0.2) is 0 Å². The van der Waals surface area contributed by atoms with Gasteiger partial charge in [-0.1, -0.05) is 18.2 Å². The number of carbonyl (C=O) groups is 1. The summed E-state index contributed by atoms with van der Waals surface area (Å²) in [5.74, 6) is -1.15. The number of piperidine rings is 1. The topological polar surface area (TPSA) is 86.7 Å². The highest BCUT2D eigenvalue weighted by molar-refractivity contribution is 7.92. The first kappa shape index (κ1) is 18.3. The lowest BCUT2D eigenvalue weighted by Gasteiger charge is -2.30. The summed E-state index contributed by atoms with van der Waals surface area (Å²) in [5, 5.41) is 9.24. The van der Waals surface area contributed by atoms with Crippen molar-refractivity contribution < 1.29 is 18.3 Å². The van der Waals surface area contributed by atoms with Crippen LogP contribution in [0, 0.1) is 6.92 Å². The molecule has 0 aromatic heterocycles. The summed E-state index contributed by atoms with van der Waals surface area (Å²) < 4.78 is 28.2. The molecule has 0 amide bonds. The number of aromatic carboxylic acids is 1. The van der Waals surface area contributed by atoms with Crippen molar-refractivity contribution in [3.63, 3.8) is 0 Å². The molecule has 138 valence electrons. The van der Waals surface area contributed by atoms with Crippen molar-refractivity contribution in [3.05, 3.63) is 53.6 Å². The van der Waals surface area contributed by atoms with E-state index in [1.807, 2.05) is 12.1 Å². The molecule has 0 radical (unpaired) electrons. The molecule has 2 aromatic carbocycles. The Balaban J connectivity index is 1.93. The molecule has 3 rings (SSSR count). The molecule has 2 N–H and O–H groups in total. The van der Waals surface area contributed by atoms with Gasteiger partial charge in [0.1, 0.15) is 0 Å². The van der Waals surface area contributed by atoms with Crippen molar-refractivity contribution in [3.8, 4) is 0 Å². The lowest BCUT2D eigenvalue weighted by atomic mass is 10.1. The second-order valence-corrected chi connectivity index (χ2v) is 8.13. The van der Waals surface area contributed by atoms with E-state index >= 15 is 0 Å². The summed E-state index contributed by atoms with van der Waals surface area (Å²) in [5.41, 5.74) is 1.86. The van der Waals surface area contributed by atoms with Crippen LogP contribution in [0.3, 0.4) is 0 Å². The minimum absolute atomic E-state index is 0.0165. The number of para-hydroxylation sites is 2. The van der Waals surface area contributed by atoms with E-state index in [1.165, 1.54) is 24.6 Å². The van der Waals surface area contributed by atoms with E-state index < -0.39 is 16.0 Å². The summed E-state index contributed by atoms with van der Waals surface area (Å²) in [6, 6.07) is 11.4. The Labute approximate surface area is 153 Å². The summed E-state index contributed by atoms with van der Waals surface area (Å²) >= 11 is 0. The number of aryl methyl sites for hydroxylation is 1. The number of nitrogens with one attached hydrogen (secondary N) is 1. The third-order valence-corrected chi connectivity index (χ3v) is 5.96. The standard InChI is InChI=1S/C19H22N2O4S/c1-14-9-10-15(13-16(14)19(22)23)26(24,25)20-17-7-3-4-8-18(17)21-11-5-2-6-12-21/h3-4,7-10,13,20H,2,5-6,11-12H2,1H3,(H,22,23). The normalized spacial score (nSPS) is 14.9. The maximum Gasteiger partial charge on any atom is 0.335 e. The van der Waals surface area contributed by atoms with E-state index in [0.717, 1.165) is 31.6 Å². The van der Waals surface area contributed by atoms with Gasteiger partial charge in [0.05, 0.1) is 21.8 Å². The zero-order valence-electron chi connectivity index (χ0n) is 14.6. The molecule has 1 saturated heterocycles. The Morgan fingerprint density at radius 1 is 1.08 bits per heavy atom. The van der Waals surface area contributed by atoms with Gasteiger partial charge in [-0.05, 0) is 56.0 Å². The average molecular weight is 374 g/mol.